The van der Waals surface area contributed by atoms with Crippen molar-refractivity contribution >= 4 is 33.0 Å². The number of hydrogen-bond acceptors (Lipinski definition) is 6. The Kier molecular flexibility index (Phi) is 5.94. The minimum atomic E-state index is -3.29. The molecule has 0 bridgehead atoms. The Morgan fingerprint density at radius 1 is 1.03 bits per heavy atom. The molecule has 2 aromatic carbocycles. The highest BCUT2D eigenvalue weighted by Crippen LogP contribution is 2.31. The van der Waals surface area contributed by atoms with Gasteiger partial charge in [0.05, 0.1) is 17.6 Å². The molecule has 0 spiro atoms. The molecule has 172 valence electrons. The minimum Gasteiger partial charge on any atom is -0.336 e. The van der Waals surface area contributed by atoms with Gasteiger partial charge in [-0.25, -0.2) is 13.4 Å². The van der Waals surface area contributed by atoms with Gasteiger partial charge in [0.2, 0.25) is 10.0 Å². The van der Waals surface area contributed by atoms with Crippen LogP contribution < -0.4 is 4.31 Å². The van der Waals surface area contributed by atoms with Crippen LogP contribution in [0.15, 0.2) is 53.9 Å². The van der Waals surface area contributed by atoms with Crippen LogP contribution in [0.4, 0.5) is 5.69 Å². The van der Waals surface area contributed by atoms with Crippen molar-refractivity contribution in [2.45, 2.75) is 13.0 Å². The number of piperazine rings is 1. The standard InChI is InChI=1S/C24H26N4O3S2/c1-33(30,31)28-10-9-19-15-20(7-8-22(19)28)24(29)27-13-11-26(12-14-27)16-21-17-32-23(25-21)18-5-3-2-4-6-18/h2-8,15,17H,9-14,16H2,1H3. The zero-order valence-electron chi connectivity index (χ0n) is 18.5. The van der Waals surface area contributed by atoms with E-state index >= 15 is 0 Å². The summed E-state index contributed by atoms with van der Waals surface area (Å²) in [6.45, 7) is 4.16. The van der Waals surface area contributed by atoms with Gasteiger partial charge >= 0.3 is 0 Å². The third kappa shape index (κ3) is 4.66. The van der Waals surface area contributed by atoms with E-state index in [9.17, 15) is 13.2 Å². The molecule has 2 aliphatic rings. The number of carbonyl (C=O) groups excluding carboxylic acids is 1. The molecule has 7 nitrogen and oxygen atoms in total. The molecular formula is C24H26N4O3S2. The molecule has 0 N–H and O–H groups in total. The fourth-order valence-corrected chi connectivity index (χ4v) is 6.24. The van der Waals surface area contributed by atoms with Crippen molar-refractivity contribution < 1.29 is 13.2 Å². The average molecular weight is 483 g/mol. The number of aromatic nitrogens is 1. The van der Waals surface area contributed by atoms with Crippen molar-refractivity contribution in [2.24, 2.45) is 0 Å². The number of benzene rings is 2. The van der Waals surface area contributed by atoms with Gasteiger partial charge in [-0.3, -0.25) is 14.0 Å². The topological polar surface area (TPSA) is 73.8 Å². The van der Waals surface area contributed by atoms with E-state index in [2.05, 4.69) is 22.4 Å². The largest absolute Gasteiger partial charge is 0.336 e. The molecule has 9 heteroatoms. The Morgan fingerprint density at radius 3 is 2.52 bits per heavy atom. The number of anilines is 1. The molecule has 1 amide bonds. The molecular weight excluding hydrogens is 456 g/mol. The molecule has 3 aromatic rings. The Bertz CT molecular complexity index is 1270. The number of fused-ring (bicyclic) bond motifs is 1. The average Bonchev–Trinajstić information content (AvgIpc) is 3.46. The molecule has 0 saturated carbocycles. The quantitative estimate of drug-likeness (QED) is 0.559. The third-order valence-corrected chi connectivity index (χ3v) is 8.32. The lowest BCUT2D eigenvalue weighted by Gasteiger charge is -2.34. The number of sulfonamides is 1. The van der Waals surface area contributed by atoms with Crippen LogP contribution in [0.1, 0.15) is 21.6 Å². The van der Waals surface area contributed by atoms with E-state index in [4.69, 9.17) is 4.98 Å². The molecule has 2 aliphatic heterocycles. The van der Waals surface area contributed by atoms with Gasteiger partial charge in [0.1, 0.15) is 5.01 Å². The first-order valence-corrected chi connectivity index (χ1v) is 13.7. The Hall–Kier alpha value is -2.75. The number of thiazole rings is 1. The summed E-state index contributed by atoms with van der Waals surface area (Å²) in [5.74, 6) is 0.00952. The van der Waals surface area contributed by atoms with E-state index in [-0.39, 0.29) is 5.91 Å². The summed E-state index contributed by atoms with van der Waals surface area (Å²) in [5, 5.41) is 3.15. The van der Waals surface area contributed by atoms with Crippen molar-refractivity contribution in [2.75, 3.05) is 43.3 Å². The van der Waals surface area contributed by atoms with Gasteiger partial charge in [-0.1, -0.05) is 30.3 Å². The number of amides is 1. The highest BCUT2D eigenvalue weighted by molar-refractivity contribution is 7.92. The molecule has 0 radical (unpaired) electrons. The Morgan fingerprint density at radius 2 is 1.79 bits per heavy atom. The number of nitrogens with zero attached hydrogens (tertiary/aromatic N) is 4. The zero-order chi connectivity index (χ0) is 23.0. The van der Waals surface area contributed by atoms with Gasteiger partial charge in [-0.2, -0.15) is 0 Å². The van der Waals surface area contributed by atoms with E-state index < -0.39 is 10.0 Å². The maximum atomic E-state index is 13.1. The zero-order valence-corrected chi connectivity index (χ0v) is 20.1. The van der Waals surface area contributed by atoms with Crippen LogP contribution in [0.2, 0.25) is 0 Å². The normalized spacial score (nSPS) is 16.8. The first-order chi connectivity index (χ1) is 15.9. The second-order valence-electron chi connectivity index (χ2n) is 8.51. The minimum absolute atomic E-state index is 0.00952. The van der Waals surface area contributed by atoms with Crippen LogP contribution in [0, 0.1) is 0 Å². The summed E-state index contributed by atoms with van der Waals surface area (Å²) in [4.78, 5) is 22.1. The van der Waals surface area contributed by atoms with E-state index in [0.717, 1.165) is 41.5 Å². The summed E-state index contributed by atoms with van der Waals surface area (Å²) in [6, 6.07) is 15.6. The molecule has 0 unspecified atom stereocenters. The van der Waals surface area contributed by atoms with Gasteiger partial charge in [-0.05, 0) is 30.2 Å². The molecule has 0 aliphatic carbocycles. The molecule has 1 aromatic heterocycles. The summed E-state index contributed by atoms with van der Waals surface area (Å²) >= 11 is 1.66. The first kappa shape index (κ1) is 22.1. The molecule has 1 saturated heterocycles. The predicted octanol–water partition coefficient (Wildman–Crippen LogP) is 3.09. The van der Waals surface area contributed by atoms with Crippen molar-refractivity contribution in [3.8, 4) is 10.6 Å². The maximum Gasteiger partial charge on any atom is 0.253 e. The fraction of sp³-hybridized carbons (Fsp3) is 0.333. The SMILES string of the molecule is CS(=O)(=O)N1CCc2cc(C(=O)N3CCN(Cc4csc(-c5ccccc5)n4)CC3)ccc21. The molecule has 1 fully saturated rings. The van der Waals surface area contributed by atoms with E-state index in [1.807, 2.05) is 29.2 Å². The van der Waals surface area contributed by atoms with Gasteiger partial charge in [0.15, 0.2) is 0 Å². The predicted molar refractivity (Wildman–Crippen MR) is 131 cm³/mol. The number of hydrogen-bond donors (Lipinski definition) is 0. The molecule has 33 heavy (non-hydrogen) atoms. The maximum absolute atomic E-state index is 13.1. The summed E-state index contributed by atoms with van der Waals surface area (Å²) in [5.41, 5.74) is 4.44. The molecule has 5 rings (SSSR count). The second-order valence-corrected chi connectivity index (χ2v) is 11.3. The van der Waals surface area contributed by atoms with Gasteiger partial charge in [0, 0.05) is 55.8 Å². The Labute approximate surface area is 198 Å². The van der Waals surface area contributed by atoms with E-state index in [1.165, 1.54) is 10.6 Å². The van der Waals surface area contributed by atoms with Crippen molar-refractivity contribution in [1.82, 2.24) is 14.8 Å². The Balaban J connectivity index is 1.19. The van der Waals surface area contributed by atoms with Crippen LogP contribution in [-0.4, -0.2) is 68.1 Å². The van der Waals surface area contributed by atoms with Crippen LogP contribution in [0.25, 0.3) is 10.6 Å². The second kappa shape index (κ2) is 8.89. The van der Waals surface area contributed by atoms with Crippen molar-refractivity contribution in [3.63, 3.8) is 0 Å². The smallest absolute Gasteiger partial charge is 0.253 e. The van der Waals surface area contributed by atoms with E-state index in [1.54, 1.807) is 23.5 Å². The fourth-order valence-electron chi connectivity index (χ4n) is 4.46. The van der Waals surface area contributed by atoms with Crippen LogP contribution in [-0.2, 0) is 23.0 Å². The van der Waals surface area contributed by atoms with Crippen LogP contribution in [0.5, 0.6) is 0 Å². The van der Waals surface area contributed by atoms with Crippen molar-refractivity contribution in [1.29, 1.82) is 0 Å². The third-order valence-electron chi connectivity index (χ3n) is 6.20. The first-order valence-electron chi connectivity index (χ1n) is 11.0. The molecule has 0 atom stereocenters. The van der Waals surface area contributed by atoms with Gasteiger partial charge in [0.25, 0.3) is 5.91 Å². The highest BCUT2D eigenvalue weighted by Gasteiger charge is 2.28. The lowest BCUT2D eigenvalue weighted by atomic mass is 10.1. The van der Waals surface area contributed by atoms with Gasteiger partial charge in [-0.15, -0.1) is 11.3 Å². The van der Waals surface area contributed by atoms with Crippen LogP contribution in [0.3, 0.4) is 0 Å². The highest BCUT2D eigenvalue weighted by atomic mass is 32.2. The van der Waals surface area contributed by atoms with Crippen LogP contribution >= 0.6 is 11.3 Å². The monoisotopic (exact) mass is 482 g/mol. The number of rotatable bonds is 5. The number of carbonyl (C=O) groups is 1. The van der Waals surface area contributed by atoms with Gasteiger partial charge < -0.3 is 4.90 Å². The summed E-state index contributed by atoms with van der Waals surface area (Å²) in [6.07, 6.45) is 1.85. The lowest BCUT2D eigenvalue weighted by molar-refractivity contribution is 0.0627. The lowest BCUT2D eigenvalue weighted by Crippen LogP contribution is -2.48. The summed E-state index contributed by atoms with van der Waals surface area (Å²) in [7, 11) is -3.29. The van der Waals surface area contributed by atoms with Crippen molar-refractivity contribution in [3.05, 3.63) is 70.7 Å². The summed E-state index contributed by atoms with van der Waals surface area (Å²) < 4.78 is 25.3. The van der Waals surface area contributed by atoms with E-state index in [0.29, 0.717) is 37.3 Å². The molecule has 3 heterocycles.